The van der Waals surface area contributed by atoms with E-state index < -0.39 is 29.5 Å². The molecule has 168 valence electrons. The number of benzene rings is 2. The summed E-state index contributed by atoms with van der Waals surface area (Å²) in [4.78, 5) is 25.1. The summed E-state index contributed by atoms with van der Waals surface area (Å²) in [5.41, 5.74) is 1.01. The number of carbonyl (C=O) groups excluding carboxylic acids is 2. The van der Waals surface area contributed by atoms with Crippen LogP contribution in [0.2, 0.25) is 0 Å². The normalized spacial score (nSPS) is 11.6. The molecule has 0 bridgehead atoms. The minimum atomic E-state index is -0.820. The quantitative estimate of drug-likeness (QED) is 0.504. The maximum atomic E-state index is 13.3. The molecule has 2 aromatic carbocycles. The summed E-state index contributed by atoms with van der Waals surface area (Å²) in [6.45, 7) is 1.88. The number of ether oxygens (including phenoxy) is 1. The zero-order valence-electron chi connectivity index (χ0n) is 17.5. The van der Waals surface area contributed by atoms with E-state index in [0.717, 1.165) is 23.8 Å². The van der Waals surface area contributed by atoms with Crippen LogP contribution in [0.1, 0.15) is 25.3 Å². The highest BCUT2D eigenvalue weighted by Crippen LogP contribution is 2.27. The Labute approximate surface area is 187 Å². The number of hydrogen-bond acceptors (Lipinski definition) is 6. The van der Waals surface area contributed by atoms with E-state index in [1.165, 1.54) is 11.3 Å². The van der Waals surface area contributed by atoms with E-state index in [1.807, 2.05) is 19.1 Å². The number of amides is 2. The molecule has 7 nitrogen and oxygen atoms in total. The lowest BCUT2D eigenvalue weighted by Gasteiger charge is -2.17. The van der Waals surface area contributed by atoms with E-state index in [0.29, 0.717) is 28.7 Å². The van der Waals surface area contributed by atoms with Crippen molar-refractivity contribution in [1.29, 1.82) is 0 Å². The summed E-state index contributed by atoms with van der Waals surface area (Å²) in [5.74, 6) is -1.77. The van der Waals surface area contributed by atoms with Crippen LogP contribution in [0.5, 0.6) is 5.75 Å². The van der Waals surface area contributed by atoms with E-state index >= 15 is 0 Å². The molecule has 0 fully saturated rings. The van der Waals surface area contributed by atoms with Crippen molar-refractivity contribution >= 4 is 28.3 Å². The predicted octanol–water partition coefficient (Wildman–Crippen LogP) is 3.96. The van der Waals surface area contributed by atoms with Gasteiger partial charge >= 0.3 is 0 Å². The van der Waals surface area contributed by atoms with Gasteiger partial charge in [0.25, 0.3) is 0 Å². The summed E-state index contributed by atoms with van der Waals surface area (Å²) in [6, 6.07) is 9.34. The molecular formula is C22H22F2N4O3S. The minimum Gasteiger partial charge on any atom is -0.497 e. The van der Waals surface area contributed by atoms with Gasteiger partial charge in [-0.05, 0) is 48.4 Å². The first-order valence-corrected chi connectivity index (χ1v) is 10.7. The van der Waals surface area contributed by atoms with Crippen molar-refractivity contribution in [3.8, 4) is 16.3 Å². The first-order valence-electron chi connectivity index (χ1n) is 9.91. The molecule has 0 radical (unpaired) electrons. The minimum absolute atomic E-state index is 0.184. The van der Waals surface area contributed by atoms with E-state index in [-0.39, 0.29) is 12.0 Å². The van der Waals surface area contributed by atoms with Gasteiger partial charge in [-0.3, -0.25) is 14.9 Å². The number of halogens is 2. The molecule has 3 rings (SSSR count). The molecule has 10 heteroatoms. The molecule has 0 spiro atoms. The standard InChI is InChI=1S/C22H22F2N4O3S/c1-3-4-18(25-19(29)11-13-9-15(23)12-16(24)10-13)20(30)26-22-28-27-21(32-22)14-5-7-17(31-2)8-6-14/h5-10,12,18H,3-4,11H2,1-2H3,(H,25,29)(H,26,28,30). The van der Waals surface area contributed by atoms with Crippen molar-refractivity contribution in [2.45, 2.75) is 32.2 Å². The van der Waals surface area contributed by atoms with Crippen LogP contribution in [0.25, 0.3) is 10.6 Å². The fourth-order valence-electron chi connectivity index (χ4n) is 3.02. The lowest BCUT2D eigenvalue weighted by atomic mass is 10.1. The van der Waals surface area contributed by atoms with E-state index in [1.54, 1.807) is 19.2 Å². The van der Waals surface area contributed by atoms with Gasteiger partial charge in [-0.25, -0.2) is 8.78 Å². The van der Waals surface area contributed by atoms with E-state index in [2.05, 4.69) is 20.8 Å². The van der Waals surface area contributed by atoms with Gasteiger partial charge < -0.3 is 10.1 Å². The predicted molar refractivity (Wildman–Crippen MR) is 117 cm³/mol. The van der Waals surface area contributed by atoms with Gasteiger partial charge in [0.2, 0.25) is 16.9 Å². The number of hydrogen-bond donors (Lipinski definition) is 2. The second kappa shape index (κ2) is 10.8. The first kappa shape index (κ1) is 23.3. The van der Waals surface area contributed by atoms with Gasteiger partial charge in [-0.2, -0.15) is 0 Å². The number of methoxy groups -OCH3 is 1. The highest BCUT2D eigenvalue weighted by atomic mass is 32.1. The Hall–Kier alpha value is -3.40. The summed E-state index contributed by atoms with van der Waals surface area (Å²) >= 11 is 1.20. The third-order valence-electron chi connectivity index (χ3n) is 4.51. The van der Waals surface area contributed by atoms with Crippen molar-refractivity contribution in [3.63, 3.8) is 0 Å². The van der Waals surface area contributed by atoms with Crippen LogP contribution < -0.4 is 15.4 Å². The Kier molecular flexibility index (Phi) is 7.82. The third-order valence-corrected chi connectivity index (χ3v) is 5.40. The van der Waals surface area contributed by atoms with Crippen LogP contribution in [-0.2, 0) is 16.0 Å². The average molecular weight is 461 g/mol. The van der Waals surface area contributed by atoms with Gasteiger partial charge in [0, 0.05) is 11.6 Å². The fraction of sp³-hybridized carbons (Fsp3) is 0.273. The van der Waals surface area contributed by atoms with E-state index in [4.69, 9.17) is 4.74 Å². The summed E-state index contributed by atoms with van der Waals surface area (Å²) in [6.07, 6.45) is 0.780. The number of carbonyl (C=O) groups is 2. The SMILES string of the molecule is CCCC(NC(=O)Cc1cc(F)cc(F)c1)C(=O)Nc1nnc(-c2ccc(OC)cc2)s1. The molecule has 1 heterocycles. The first-order chi connectivity index (χ1) is 15.4. The molecule has 1 unspecified atom stereocenters. The lowest BCUT2D eigenvalue weighted by Crippen LogP contribution is -2.44. The molecule has 0 aliphatic carbocycles. The summed E-state index contributed by atoms with van der Waals surface area (Å²) in [5, 5.41) is 14.3. The molecule has 0 aliphatic heterocycles. The maximum Gasteiger partial charge on any atom is 0.248 e. The molecule has 2 amide bonds. The van der Waals surface area contributed by atoms with Crippen molar-refractivity contribution in [1.82, 2.24) is 15.5 Å². The second-order valence-electron chi connectivity index (χ2n) is 6.99. The van der Waals surface area contributed by atoms with Crippen molar-refractivity contribution in [3.05, 3.63) is 59.7 Å². The highest BCUT2D eigenvalue weighted by molar-refractivity contribution is 7.18. The summed E-state index contributed by atoms with van der Waals surface area (Å²) in [7, 11) is 1.58. The lowest BCUT2D eigenvalue weighted by molar-refractivity contribution is -0.126. The van der Waals surface area contributed by atoms with E-state index in [9.17, 15) is 18.4 Å². The van der Waals surface area contributed by atoms with Gasteiger partial charge in [0.15, 0.2) is 0 Å². The van der Waals surface area contributed by atoms with Gasteiger partial charge in [0.05, 0.1) is 13.5 Å². The number of anilines is 1. The summed E-state index contributed by atoms with van der Waals surface area (Å²) < 4.78 is 31.8. The second-order valence-corrected chi connectivity index (χ2v) is 7.97. The Balaban J connectivity index is 1.63. The topological polar surface area (TPSA) is 93.2 Å². The van der Waals surface area contributed by atoms with Gasteiger partial charge in [-0.15, -0.1) is 10.2 Å². The van der Waals surface area contributed by atoms with Crippen LogP contribution >= 0.6 is 11.3 Å². The fourth-order valence-corrected chi connectivity index (χ4v) is 3.77. The Morgan fingerprint density at radius 3 is 2.41 bits per heavy atom. The molecule has 1 atom stereocenters. The highest BCUT2D eigenvalue weighted by Gasteiger charge is 2.22. The molecule has 3 aromatic rings. The van der Waals surface area contributed by atoms with Crippen LogP contribution in [0.3, 0.4) is 0 Å². The zero-order chi connectivity index (χ0) is 23.1. The molecule has 0 saturated heterocycles. The Bertz CT molecular complexity index is 1070. The number of nitrogens with one attached hydrogen (secondary N) is 2. The van der Waals surface area contributed by atoms with Crippen LogP contribution in [0.15, 0.2) is 42.5 Å². The number of nitrogens with zero attached hydrogens (tertiary/aromatic N) is 2. The average Bonchev–Trinajstić information content (AvgIpc) is 3.21. The van der Waals surface area contributed by atoms with Crippen LogP contribution in [0, 0.1) is 11.6 Å². The number of aromatic nitrogens is 2. The molecular weight excluding hydrogens is 438 g/mol. The maximum absolute atomic E-state index is 13.3. The van der Waals surface area contributed by atoms with Crippen LogP contribution in [0.4, 0.5) is 13.9 Å². The smallest absolute Gasteiger partial charge is 0.248 e. The molecule has 0 saturated carbocycles. The van der Waals surface area contributed by atoms with Crippen LogP contribution in [-0.4, -0.2) is 35.2 Å². The molecule has 0 aliphatic rings. The Morgan fingerprint density at radius 1 is 1.09 bits per heavy atom. The van der Waals surface area contributed by atoms with Gasteiger partial charge in [-0.1, -0.05) is 24.7 Å². The van der Waals surface area contributed by atoms with Crippen molar-refractivity contribution in [2.24, 2.45) is 0 Å². The molecule has 2 N–H and O–H groups in total. The molecule has 32 heavy (non-hydrogen) atoms. The third kappa shape index (κ3) is 6.30. The number of rotatable bonds is 9. The monoisotopic (exact) mass is 460 g/mol. The molecule has 1 aromatic heterocycles. The van der Waals surface area contributed by atoms with Crippen molar-refractivity contribution in [2.75, 3.05) is 12.4 Å². The van der Waals surface area contributed by atoms with Gasteiger partial charge in [0.1, 0.15) is 28.4 Å². The van der Waals surface area contributed by atoms with Crippen molar-refractivity contribution < 1.29 is 23.1 Å². The largest absolute Gasteiger partial charge is 0.497 e. The Morgan fingerprint density at radius 2 is 1.78 bits per heavy atom. The zero-order valence-corrected chi connectivity index (χ0v) is 18.3.